The fourth-order valence-electron chi connectivity index (χ4n) is 2.82. The van der Waals surface area contributed by atoms with E-state index >= 15 is 0 Å². The molecule has 1 aromatic rings. The van der Waals surface area contributed by atoms with Crippen molar-refractivity contribution in [2.24, 2.45) is 5.73 Å². The van der Waals surface area contributed by atoms with Crippen molar-refractivity contribution >= 4 is 5.91 Å². The van der Waals surface area contributed by atoms with Crippen LogP contribution in [0.2, 0.25) is 0 Å². The maximum atomic E-state index is 12.4. The van der Waals surface area contributed by atoms with Crippen LogP contribution < -0.4 is 11.3 Å². The van der Waals surface area contributed by atoms with Crippen molar-refractivity contribution in [1.82, 2.24) is 9.47 Å². The van der Waals surface area contributed by atoms with Gasteiger partial charge in [0.2, 0.25) is 5.91 Å². The predicted octanol–water partition coefficient (Wildman–Crippen LogP) is 0.967. The van der Waals surface area contributed by atoms with Gasteiger partial charge in [-0.3, -0.25) is 9.59 Å². The maximum Gasteiger partial charge on any atom is 0.250 e. The van der Waals surface area contributed by atoms with Gasteiger partial charge in [0.1, 0.15) is 0 Å². The Morgan fingerprint density at radius 2 is 2.25 bits per heavy atom. The Labute approximate surface area is 119 Å². The minimum atomic E-state index is -0.0670. The molecular formula is C15H23N3O2. The molecule has 1 amide bonds. The van der Waals surface area contributed by atoms with Gasteiger partial charge < -0.3 is 15.2 Å². The largest absolute Gasteiger partial charge is 0.338 e. The average Bonchev–Trinajstić information content (AvgIpc) is 2.46. The van der Waals surface area contributed by atoms with E-state index in [0.29, 0.717) is 13.0 Å². The molecule has 0 spiro atoms. The molecular weight excluding hydrogens is 254 g/mol. The maximum absolute atomic E-state index is 12.4. The summed E-state index contributed by atoms with van der Waals surface area (Å²) in [6.45, 7) is 3.17. The lowest BCUT2D eigenvalue weighted by molar-refractivity contribution is -0.135. The summed E-state index contributed by atoms with van der Waals surface area (Å²) in [6, 6.07) is 5.16. The minimum Gasteiger partial charge on any atom is -0.338 e. The predicted molar refractivity (Wildman–Crippen MR) is 78.3 cm³/mol. The van der Waals surface area contributed by atoms with Gasteiger partial charge >= 0.3 is 0 Å². The zero-order chi connectivity index (χ0) is 14.5. The first-order chi connectivity index (χ1) is 9.59. The summed E-state index contributed by atoms with van der Waals surface area (Å²) in [5.41, 5.74) is 5.91. The number of rotatable bonds is 4. The van der Waals surface area contributed by atoms with Crippen molar-refractivity contribution in [3.8, 4) is 0 Å². The smallest absolute Gasteiger partial charge is 0.250 e. The second kappa shape index (κ2) is 6.70. The number of pyridine rings is 1. The lowest BCUT2D eigenvalue weighted by Crippen LogP contribution is -2.51. The van der Waals surface area contributed by atoms with Crippen LogP contribution in [-0.2, 0) is 11.3 Å². The molecule has 0 saturated carbocycles. The van der Waals surface area contributed by atoms with E-state index in [1.165, 1.54) is 6.07 Å². The third-order valence-corrected chi connectivity index (χ3v) is 3.94. The van der Waals surface area contributed by atoms with Crippen LogP contribution in [0, 0.1) is 0 Å². The second-order valence-corrected chi connectivity index (χ2v) is 5.49. The van der Waals surface area contributed by atoms with E-state index in [9.17, 15) is 9.59 Å². The van der Waals surface area contributed by atoms with Crippen molar-refractivity contribution in [3.63, 3.8) is 0 Å². The molecule has 2 atom stereocenters. The summed E-state index contributed by atoms with van der Waals surface area (Å²) < 4.78 is 1.57. The Bertz CT molecular complexity index is 510. The van der Waals surface area contributed by atoms with Crippen LogP contribution in [0.3, 0.4) is 0 Å². The summed E-state index contributed by atoms with van der Waals surface area (Å²) in [4.78, 5) is 25.9. The van der Waals surface area contributed by atoms with E-state index in [2.05, 4.69) is 0 Å². The van der Waals surface area contributed by atoms with E-state index in [-0.39, 0.29) is 23.6 Å². The Balaban J connectivity index is 1.97. The first-order valence-electron chi connectivity index (χ1n) is 7.30. The van der Waals surface area contributed by atoms with Crippen molar-refractivity contribution in [2.45, 2.75) is 51.2 Å². The topological polar surface area (TPSA) is 68.3 Å². The number of carbonyl (C=O) groups is 1. The number of nitrogens with two attached hydrogens (primary N) is 1. The van der Waals surface area contributed by atoms with E-state index in [1.807, 2.05) is 11.8 Å². The van der Waals surface area contributed by atoms with Gasteiger partial charge in [0.15, 0.2) is 0 Å². The van der Waals surface area contributed by atoms with Crippen LogP contribution in [0.1, 0.15) is 32.6 Å². The van der Waals surface area contributed by atoms with E-state index in [1.54, 1.807) is 22.9 Å². The molecule has 20 heavy (non-hydrogen) atoms. The van der Waals surface area contributed by atoms with E-state index in [0.717, 1.165) is 25.8 Å². The highest BCUT2D eigenvalue weighted by Gasteiger charge is 2.28. The highest BCUT2D eigenvalue weighted by molar-refractivity contribution is 5.76. The number of aromatic nitrogens is 1. The molecule has 0 aliphatic carbocycles. The van der Waals surface area contributed by atoms with Gasteiger partial charge in [0, 0.05) is 43.9 Å². The lowest BCUT2D eigenvalue weighted by Gasteiger charge is -2.38. The first kappa shape index (κ1) is 14.8. The summed E-state index contributed by atoms with van der Waals surface area (Å²) in [7, 11) is 0. The van der Waals surface area contributed by atoms with Gasteiger partial charge in [-0.2, -0.15) is 0 Å². The van der Waals surface area contributed by atoms with Crippen molar-refractivity contribution in [2.75, 3.05) is 6.54 Å². The number of piperidine rings is 1. The van der Waals surface area contributed by atoms with E-state index in [4.69, 9.17) is 5.73 Å². The quantitative estimate of drug-likeness (QED) is 0.891. The van der Waals surface area contributed by atoms with Crippen LogP contribution in [0.4, 0.5) is 0 Å². The van der Waals surface area contributed by atoms with Crippen LogP contribution in [0.15, 0.2) is 29.2 Å². The zero-order valence-corrected chi connectivity index (χ0v) is 12.0. The average molecular weight is 277 g/mol. The highest BCUT2D eigenvalue weighted by atomic mass is 16.2. The van der Waals surface area contributed by atoms with Crippen LogP contribution >= 0.6 is 0 Å². The molecule has 1 aliphatic rings. The second-order valence-electron chi connectivity index (χ2n) is 5.49. The molecule has 2 rings (SSSR count). The van der Waals surface area contributed by atoms with Gasteiger partial charge in [0.05, 0.1) is 0 Å². The SMILES string of the molecule is CC(N)C1CCCCN1C(=O)CCn1ccccc1=O. The standard InChI is InChI=1S/C15H23N3O2/c1-12(16)13-6-2-5-10-18(13)15(20)8-11-17-9-4-3-7-14(17)19/h3-4,7,9,12-13H,2,5-6,8,10-11,16H2,1H3. The van der Waals surface area contributed by atoms with Gasteiger partial charge in [-0.05, 0) is 32.3 Å². The van der Waals surface area contributed by atoms with Crippen molar-refractivity contribution < 1.29 is 4.79 Å². The lowest BCUT2D eigenvalue weighted by atomic mass is 9.96. The summed E-state index contributed by atoms with van der Waals surface area (Å²) in [6.07, 6.45) is 5.23. The van der Waals surface area contributed by atoms with Gasteiger partial charge in [0.25, 0.3) is 5.56 Å². The number of nitrogens with zero attached hydrogens (tertiary/aromatic N) is 2. The van der Waals surface area contributed by atoms with E-state index < -0.39 is 0 Å². The molecule has 1 fully saturated rings. The summed E-state index contributed by atoms with van der Waals surface area (Å²) >= 11 is 0. The third kappa shape index (κ3) is 3.48. The van der Waals surface area contributed by atoms with Gasteiger partial charge in [-0.25, -0.2) is 0 Å². The molecule has 5 nitrogen and oxygen atoms in total. The first-order valence-corrected chi connectivity index (χ1v) is 7.30. The number of aryl methyl sites for hydroxylation is 1. The molecule has 0 bridgehead atoms. The number of likely N-dealkylation sites (tertiary alicyclic amines) is 1. The molecule has 1 aromatic heterocycles. The number of amides is 1. The number of carbonyl (C=O) groups excluding carboxylic acids is 1. The normalized spacial score (nSPS) is 20.7. The molecule has 1 aliphatic heterocycles. The molecule has 2 heterocycles. The van der Waals surface area contributed by atoms with Gasteiger partial charge in [-0.1, -0.05) is 6.07 Å². The Hall–Kier alpha value is -1.62. The van der Waals surface area contributed by atoms with Crippen LogP contribution in [0.25, 0.3) is 0 Å². The number of hydrogen-bond donors (Lipinski definition) is 1. The zero-order valence-electron chi connectivity index (χ0n) is 12.0. The summed E-state index contributed by atoms with van der Waals surface area (Å²) in [5.74, 6) is 0.0998. The monoisotopic (exact) mass is 277 g/mol. The van der Waals surface area contributed by atoms with Crippen molar-refractivity contribution in [1.29, 1.82) is 0 Å². The molecule has 1 saturated heterocycles. The molecule has 2 N–H and O–H groups in total. The third-order valence-electron chi connectivity index (χ3n) is 3.94. The van der Waals surface area contributed by atoms with Crippen LogP contribution in [0.5, 0.6) is 0 Å². The summed E-state index contributed by atoms with van der Waals surface area (Å²) in [5, 5.41) is 0. The molecule has 0 aromatic carbocycles. The molecule has 0 radical (unpaired) electrons. The van der Waals surface area contributed by atoms with Crippen LogP contribution in [-0.4, -0.2) is 34.0 Å². The fraction of sp³-hybridized carbons (Fsp3) is 0.600. The molecule has 110 valence electrons. The van der Waals surface area contributed by atoms with Gasteiger partial charge in [-0.15, -0.1) is 0 Å². The van der Waals surface area contributed by atoms with Crippen molar-refractivity contribution in [3.05, 3.63) is 34.7 Å². The Morgan fingerprint density at radius 3 is 2.95 bits per heavy atom. The minimum absolute atomic E-state index is 0.00121. The molecule has 2 unspecified atom stereocenters. The number of hydrogen-bond acceptors (Lipinski definition) is 3. The molecule has 5 heteroatoms. The Kier molecular flexibility index (Phi) is 4.95. The highest BCUT2D eigenvalue weighted by Crippen LogP contribution is 2.19. The Morgan fingerprint density at radius 1 is 1.45 bits per heavy atom. The fourth-order valence-corrected chi connectivity index (χ4v) is 2.82.